The number of hydrogen-bond acceptors (Lipinski definition) is 4. The Morgan fingerprint density at radius 2 is 0.786 bits per heavy atom. The maximum absolute atomic E-state index is 12.3. The molecule has 0 amide bonds. The van der Waals surface area contributed by atoms with Gasteiger partial charge in [-0.3, -0.25) is 9.11 Å². The zero-order chi connectivity index (χ0) is 31.1. The molecule has 0 fully saturated rings. The summed E-state index contributed by atoms with van der Waals surface area (Å²) < 4.78 is 68.4. The molecule has 0 heterocycles. The van der Waals surface area contributed by atoms with Crippen LogP contribution in [0.3, 0.4) is 0 Å². The van der Waals surface area contributed by atoms with Crippen LogP contribution >= 0.6 is 0 Å². The van der Waals surface area contributed by atoms with Crippen LogP contribution < -0.4 is 0 Å². The monoisotopic (exact) mass is 630 g/mol. The van der Waals surface area contributed by atoms with Gasteiger partial charge in [0.25, 0.3) is 20.2 Å². The van der Waals surface area contributed by atoms with Crippen molar-refractivity contribution in [2.45, 2.75) is 191 Å². The summed E-state index contributed by atoms with van der Waals surface area (Å²) in [5.74, 6) is 0. The Balaban J connectivity index is 2.59. The van der Waals surface area contributed by atoms with Crippen molar-refractivity contribution in [1.29, 1.82) is 0 Å². The van der Waals surface area contributed by atoms with Gasteiger partial charge in [-0.15, -0.1) is 0 Å². The normalized spacial score (nSPS) is 12.3. The standard InChI is InChI=1S/C34H62O6S2/c1-3-5-7-9-11-13-15-17-19-21-23-25-27-31-29-30-33(41(35,36)37)34(42(38,39)40)32(31)28-26-24-22-20-18-16-14-12-10-8-6-4-2/h29-30H,3-28H2,1-2H3,(H,35,36,37)(H,38,39,40). The summed E-state index contributed by atoms with van der Waals surface area (Å²) in [5.41, 5.74) is 1.10. The molecule has 1 aromatic carbocycles. The molecule has 246 valence electrons. The van der Waals surface area contributed by atoms with Gasteiger partial charge in [-0.25, -0.2) is 0 Å². The van der Waals surface area contributed by atoms with E-state index in [-0.39, 0.29) is 0 Å². The van der Waals surface area contributed by atoms with Crippen LogP contribution in [0.2, 0.25) is 0 Å². The van der Waals surface area contributed by atoms with Crippen LogP contribution in [0.4, 0.5) is 0 Å². The lowest BCUT2D eigenvalue weighted by Gasteiger charge is -2.16. The quantitative estimate of drug-likeness (QED) is 0.0704. The van der Waals surface area contributed by atoms with E-state index in [1.165, 1.54) is 109 Å². The third-order valence-electron chi connectivity index (χ3n) is 8.44. The largest absolute Gasteiger partial charge is 0.296 e. The van der Waals surface area contributed by atoms with Crippen LogP contribution in [0.1, 0.15) is 179 Å². The Labute approximate surface area is 259 Å². The molecule has 1 aromatic rings. The van der Waals surface area contributed by atoms with E-state index in [0.29, 0.717) is 24.8 Å². The molecule has 0 radical (unpaired) electrons. The molecule has 0 saturated carbocycles. The molecular weight excluding hydrogens is 569 g/mol. The van der Waals surface area contributed by atoms with E-state index in [4.69, 9.17) is 0 Å². The lowest BCUT2D eigenvalue weighted by atomic mass is 9.96. The van der Waals surface area contributed by atoms with E-state index in [0.717, 1.165) is 50.2 Å². The number of rotatable bonds is 28. The second kappa shape index (κ2) is 23.4. The van der Waals surface area contributed by atoms with Crippen LogP contribution in [0.25, 0.3) is 0 Å². The number of hydrogen-bond donors (Lipinski definition) is 2. The molecular formula is C34H62O6S2. The molecule has 0 aliphatic rings. The molecule has 0 aliphatic heterocycles. The Morgan fingerprint density at radius 3 is 1.12 bits per heavy atom. The van der Waals surface area contributed by atoms with Gasteiger partial charge in [0.2, 0.25) is 0 Å². The number of benzene rings is 1. The summed E-state index contributed by atoms with van der Waals surface area (Å²) in [7, 11) is -9.63. The smallest absolute Gasteiger partial charge is 0.282 e. The summed E-state index contributed by atoms with van der Waals surface area (Å²) in [6.45, 7) is 4.47. The van der Waals surface area contributed by atoms with Crippen molar-refractivity contribution in [3.05, 3.63) is 23.3 Å². The molecule has 0 spiro atoms. The summed E-state index contributed by atoms with van der Waals surface area (Å²) in [6.07, 6.45) is 29.8. The number of unbranched alkanes of at least 4 members (excludes halogenated alkanes) is 22. The van der Waals surface area contributed by atoms with Crippen molar-refractivity contribution in [3.63, 3.8) is 0 Å². The van der Waals surface area contributed by atoms with Crippen LogP contribution in [0, 0.1) is 0 Å². The van der Waals surface area contributed by atoms with Crippen molar-refractivity contribution in [3.8, 4) is 0 Å². The molecule has 8 heteroatoms. The first-order valence-electron chi connectivity index (χ1n) is 17.2. The molecule has 0 unspecified atom stereocenters. The summed E-state index contributed by atoms with van der Waals surface area (Å²) in [6, 6.07) is 2.74. The molecule has 0 aromatic heterocycles. The van der Waals surface area contributed by atoms with E-state index < -0.39 is 30.0 Å². The summed E-state index contributed by atoms with van der Waals surface area (Å²) in [4.78, 5) is -1.36. The third kappa shape index (κ3) is 18.0. The zero-order valence-corrected chi connectivity index (χ0v) is 28.5. The molecule has 0 bridgehead atoms. The molecule has 0 atom stereocenters. The van der Waals surface area contributed by atoms with Gasteiger partial charge < -0.3 is 0 Å². The maximum atomic E-state index is 12.3. The summed E-state index contributed by atoms with van der Waals surface area (Å²) in [5, 5.41) is 0. The average Bonchev–Trinajstić information content (AvgIpc) is 2.93. The first kappa shape index (κ1) is 39.1. The van der Waals surface area contributed by atoms with Gasteiger partial charge in [0, 0.05) is 0 Å². The third-order valence-corrected chi connectivity index (χ3v) is 10.4. The zero-order valence-electron chi connectivity index (χ0n) is 26.9. The highest BCUT2D eigenvalue weighted by atomic mass is 32.2. The predicted molar refractivity (Wildman–Crippen MR) is 176 cm³/mol. The Hall–Kier alpha value is -0.960. The molecule has 0 saturated heterocycles. The first-order valence-corrected chi connectivity index (χ1v) is 20.1. The minimum atomic E-state index is -4.83. The second-order valence-corrected chi connectivity index (χ2v) is 15.0. The molecule has 0 aliphatic carbocycles. The minimum Gasteiger partial charge on any atom is -0.282 e. The summed E-state index contributed by atoms with van der Waals surface area (Å²) >= 11 is 0. The van der Waals surface area contributed by atoms with Crippen molar-refractivity contribution in [2.24, 2.45) is 0 Å². The van der Waals surface area contributed by atoms with E-state index in [1.807, 2.05) is 0 Å². The van der Waals surface area contributed by atoms with Crippen molar-refractivity contribution in [2.75, 3.05) is 0 Å². The van der Waals surface area contributed by atoms with Gasteiger partial charge in [0.15, 0.2) is 0 Å². The second-order valence-electron chi connectivity index (χ2n) is 12.3. The fourth-order valence-electron chi connectivity index (χ4n) is 5.94. The minimum absolute atomic E-state index is 0.350. The highest BCUT2D eigenvalue weighted by Crippen LogP contribution is 2.31. The van der Waals surface area contributed by atoms with Crippen LogP contribution in [-0.4, -0.2) is 25.9 Å². The average molecular weight is 631 g/mol. The molecule has 6 nitrogen and oxygen atoms in total. The first-order chi connectivity index (χ1) is 20.1. The van der Waals surface area contributed by atoms with Gasteiger partial charge in [0.1, 0.15) is 9.79 Å². The van der Waals surface area contributed by atoms with Crippen molar-refractivity contribution >= 4 is 20.2 Å². The van der Waals surface area contributed by atoms with E-state index in [1.54, 1.807) is 6.07 Å². The van der Waals surface area contributed by atoms with Crippen molar-refractivity contribution < 1.29 is 25.9 Å². The van der Waals surface area contributed by atoms with Crippen LogP contribution in [0.15, 0.2) is 21.9 Å². The highest BCUT2D eigenvalue weighted by molar-refractivity contribution is 7.89. The van der Waals surface area contributed by atoms with Crippen molar-refractivity contribution in [1.82, 2.24) is 0 Å². The Kier molecular flexibility index (Phi) is 21.8. The molecule has 2 N–H and O–H groups in total. The highest BCUT2D eigenvalue weighted by Gasteiger charge is 2.28. The van der Waals surface area contributed by atoms with Crippen LogP contribution in [-0.2, 0) is 33.1 Å². The fourth-order valence-corrected chi connectivity index (χ4v) is 8.04. The fraction of sp³-hybridized carbons (Fsp3) is 0.824. The van der Waals surface area contributed by atoms with E-state index >= 15 is 0 Å². The molecule has 1 rings (SSSR count). The Bertz CT molecular complexity index is 1030. The lowest BCUT2D eigenvalue weighted by molar-refractivity contribution is 0.464. The SMILES string of the molecule is CCCCCCCCCCCCCCc1ccc(S(=O)(=O)O)c(S(=O)(=O)O)c1CCCCCCCCCCCCCC. The number of aryl methyl sites for hydroxylation is 1. The maximum Gasteiger partial charge on any atom is 0.296 e. The topological polar surface area (TPSA) is 109 Å². The predicted octanol–water partition coefficient (Wildman–Crippen LogP) is 10.7. The van der Waals surface area contributed by atoms with Gasteiger partial charge in [-0.1, -0.05) is 161 Å². The van der Waals surface area contributed by atoms with Gasteiger partial charge in [0.05, 0.1) is 0 Å². The molecule has 42 heavy (non-hydrogen) atoms. The van der Waals surface area contributed by atoms with Gasteiger partial charge >= 0.3 is 0 Å². The van der Waals surface area contributed by atoms with Gasteiger partial charge in [-0.05, 0) is 42.9 Å². The Morgan fingerprint density at radius 1 is 0.452 bits per heavy atom. The van der Waals surface area contributed by atoms with Crippen LogP contribution in [0.5, 0.6) is 0 Å². The van der Waals surface area contributed by atoms with E-state index in [9.17, 15) is 25.9 Å². The van der Waals surface area contributed by atoms with E-state index in [2.05, 4.69) is 13.8 Å². The van der Waals surface area contributed by atoms with Gasteiger partial charge in [-0.2, -0.15) is 16.8 Å². The lowest BCUT2D eigenvalue weighted by Crippen LogP contribution is -2.14.